The zero-order valence-electron chi connectivity index (χ0n) is 13.8. The van der Waals surface area contributed by atoms with Crippen LogP contribution in [0.5, 0.6) is 0 Å². The molecule has 132 valence electrons. The first-order valence-corrected chi connectivity index (χ1v) is 8.31. The first kappa shape index (κ1) is 18.4. The number of aliphatic hydroxyl groups excluding tert-OH is 2. The standard InChI is InChI=1S/C18H25NO5/c1-11-7-8-13(14(9-11)18(23)24)17(22)19-15(10-20)16(21)12-5-3-2-4-6-12/h2-6,11,13-16,20-21H,7-10H2,1H3,(H,19,22)(H,23,24)/t11?,13?,14?,15-,16-/m0/s1. The molecule has 1 aromatic carbocycles. The largest absolute Gasteiger partial charge is 0.481 e. The van der Waals surface area contributed by atoms with Gasteiger partial charge in [-0.3, -0.25) is 9.59 Å². The number of rotatable bonds is 6. The van der Waals surface area contributed by atoms with Crippen molar-refractivity contribution in [1.29, 1.82) is 0 Å². The van der Waals surface area contributed by atoms with E-state index in [2.05, 4.69) is 5.32 Å². The molecule has 1 aromatic rings. The lowest BCUT2D eigenvalue weighted by Crippen LogP contribution is -2.48. The fourth-order valence-electron chi connectivity index (χ4n) is 3.36. The molecule has 1 saturated carbocycles. The highest BCUT2D eigenvalue weighted by molar-refractivity contribution is 5.85. The summed E-state index contributed by atoms with van der Waals surface area (Å²) in [7, 11) is 0. The summed E-state index contributed by atoms with van der Waals surface area (Å²) in [5, 5.41) is 31.9. The van der Waals surface area contributed by atoms with Gasteiger partial charge in [0.2, 0.25) is 5.91 Å². The third-order valence-corrected chi connectivity index (χ3v) is 4.81. The Hall–Kier alpha value is -1.92. The number of hydrogen-bond donors (Lipinski definition) is 4. The Bertz CT molecular complexity index is 562. The number of carboxylic acids is 1. The van der Waals surface area contributed by atoms with Crippen LogP contribution in [0.1, 0.15) is 37.9 Å². The summed E-state index contributed by atoms with van der Waals surface area (Å²) < 4.78 is 0. The van der Waals surface area contributed by atoms with Crippen molar-refractivity contribution in [3.63, 3.8) is 0 Å². The van der Waals surface area contributed by atoms with Crippen LogP contribution < -0.4 is 5.32 Å². The average molecular weight is 335 g/mol. The highest BCUT2D eigenvalue weighted by atomic mass is 16.4. The van der Waals surface area contributed by atoms with Gasteiger partial charge in [-0.2, -0.15) is 0 Å². The molecule has 1 amide bonds. The van der Waals surface area contributed by atoms with E-state index in [1.807, 2.05) is 13.0 Å². The number of carbonyl (C=O) groups is 2. The maximum Gasteiger partial charge on any atom is 0.307 e. The molecular weight excluding hydrogens is 310 g/mol. The number of hydrogen-bond acceptors (Lipinski definition) is 4. The Morgan fingerprint density at radius 1 is 1.21 bits per heavy atom. The van der Waals surface area contributed by atoms with Crippen LogP contribution in [0.3, 0.4) is 0 Å². The zero-order chi connectivity index (χ0) is 17.7. The minimum absolute atomic E-state index is 0.277. The molecule has 1 fully saturated rings. The Kier molecular flexibility index (Phi) is 6.34. The summed E-state index contributed by atoms with van der Waals surface area (Å²) in [4.78, 5) is 24.0. The first-order valence-electron chi connectivity index (χ1n) is 8.31. The lowest BCUT2D eigenvalue weighted by molar-refractivity contribution is -0.150. The van der Waals surface area contributed by atoms with E-state index in [0.29, 0.717) is 18.4 Å². The monoisotopic (exact) mass is 335 g/mol. The van der Waals surface area contributed by atoms with E-state index in [4.69, 9.17) is 0 Å². The Morgan fingerprint density at radius 3 is 2.46 bits per heavy atom. The van der Waals surface area contributed by atoms with Gasteiger partial charge in [0, 0.05) is 0 Å². The van der Waals surface area contributed by atoms with Crippen molar-refractivity contribution in [2.45, 2.75) is 38.3 Å². The van der Waals surface area contributed by atoms with Crippen LogP contribution in [-0.2, 0) is 9.59 Å². The van der Waals surface area contributed by atoms with Gasteiger partial charge in [0.25, 0.3) is 0 Å². The Balaban J connectivity index is 2.06. The second kappa shape index (κ2) is 8.26. The van der Waals surface area contributed by atoms with E-state index in [1.165, 1.54) is 0 Å². The number of aliphatic hydroxyl groups is 2. The smallest absolute Gasteiger partial charge is 0.307 e. The van der Waals surface area contributed by atoms with Crippen LogP contribution in [0.25, 0.3) is 0 Å². The van der Waals surface area contributed by atoms with Gasteiger partial charge in [0.05, 0.1) is 24.5 Å². The second-order valence-electron chi connectivity index (χ2n) is 6.62. The molecule has 2 rings (SSSR count). The van der Waals surface area contributed by atoms with Crippen LogP contribution >= 0.6 is 0 Å². The van der Waals surface area contributed by atoms with Crippen molar-refractivity contribution in [1.82, 2.24) is 5.32 Å². The fourth-order valence-corrected chi connectivity index (χ4v) is 3.36. The fraction of sp³-hybridized carbons (Fsp3) is 0.556. The molecule has 0 radical (unpaired) electrons. The van der Waals surface area contributed by atoms with Crippen molar-refractivity contribution in [2.24, 2.45) is 17.8 Å². The third-order valence-electron chi connectivity index (χ3n) is 4.81. The molecule has 0 aliphatic heterocycles. The molecule has 1 aliphatic rings. The molecule has 3 unspecified atom stereocenters. The third kappa shape index (κ3) is 4.33. The van der Waals surface area contributed by atoms with Crippen LogP contribution in [0.2, 0.25) is 0 Å². The maximum absolute atomic E-state index is 12.5. The molecule has 4 N–H and O–H groups in total. The van der Waals surface area contributed by atoms with Gasteiger partial charge in [-0.1, -0.05) is 37.3 Å². The molecule has 0 heterocycles. The van der Waals surface area contributed by atoms with Crippen molar-refractivity contribution >= 4 is 11.9 Å². The number of carbonyl (C=O) groups excluding carboxylic acids is 1. The molecule has 6 heteroatoms. The maximum atomic E-state index is 12.5. The summed E-state index contributed by atoms with van der Waals surface area (Å²) in [5.74, 6) is -2.45. The Morgan fingerprint density at radius 2 is 1.88 bits per heavy atom. The van der Waals surface area contributed by atoms with E-state index in [0.717, 1.165) is 6.42 Å². The molecule has 0 spiro atoms. The van der Waals surface area contributed by atoms with Gasteiger partial charge < -0.3 is 20.6 Å². The SMILES string of the molecule is CC1CCC(C(=O)N[C@@H](CO)[C@@H](O)c2ccccc2)C(C(=O)O)C1. The first-order chi connectivity index (χ1) is 11.4. The number of aliphatic carboxylic acids is 1. The predicted octanol–water partition coefficient (Wildman–Crippen LogP) is 1.33. The summed E-state index contributed by atoms with van der Waals surface area (Å²) in [6.07, 6.45) is 0.723. The van der Waals surface area contributed by atoms with Crippen LogP contribution in [0.15, 0.2) is 30.3 Å². The van der Waals surface area contributed by atoms with E-state index in [1.54, 1.807) is 24.3 Å². The van der Waals surface area contributed by atoms with Gasteiger partial charge in [-0.15, -0.1) is 0 Å². The minimum Gasteiger partial charge on any atom is -0.481 e. The molecule has 0 saturated heterocycles. The molecule has 6 nitrogen and oxygen atoms in total. The second-order valence-corrected chi connectivity index (χ2v) is 6.62. The zero-order valence-corrected chi connectivity index (χ0v) is 13.8. The number of carboxylic acid groups (broad SMARTS) is 1. The van der Waals surface area contributed by atoms with Crippen molar-refractivity contribution in [2.75, 3.05) is 6.61 Å². The van der Waals surface area contributed by atoms with E-state index >= 15 is 0 Å². The number of benzene rings is 1. The van der Waals surface area contributed by atoms with E-state index < -0.39 is 42.5 Å². The van der Waals surface area contributed by atoms with Gasteiger partial charge in [-0.05, 0) is 30.7 Å². The normalized spacial score (nSPS) is 26.4. The van der Waals surface area contributed by atoms with Crippen molar-refractivity contribution < 1.29 is 24.9 Å². The van der Waals surface area contributed by atoms with E-state index in [9.17, 15) is 24.9 Å². The molecule has 24 heavy (non-hydrogen) atoms. The summed E-state index contributed by atoms with van der Waals surface area (Å²) in [5.41, 5.74) is 0.587. The van der Waals surface area contributed by atoms with Crippen molar-refractivity contribution in [3.05, 3.63) is 35.9 Å². The minimum atomic E-state index is -1.05. The molecule has 1 aliphatic carbocycles. The molecule has 0 aromatic heterocycles. The average Bonchev–Trinajstić information content (AvgIpc) is 2.59. The van der Waals surface area contributed by atoms with Gasteiger partial charge in [-0.25, -0.2) is 0 Å². The predicted molar refractivity (Wildman–Crippen MR) is 88.0 cm³/mol. The highest BCUT2D eigenvalue weighted by Gasteiger charge is 2.39. The highest BCUT2D eigenvalue weighted by Crippen LogP contribution is 2.34. The van der Waals surface area contributed by atoms with Crippen LogP contribution in [0.4, 0.5) is 0 Å². The summed E-state index contributed by atoms with van der Waals surface area (Å²) in [6, 6.07) is 7.89. The van der Waals surface area contributed by atoms with Crippen LogP contribution in [0, 0.1) is 17.8 Å². The molecule has 0 bridgehead atoms. The summed E-state index contributed by atoms with van der Waals surface area (Å²) in [6.45, 7) is 1.56. The van der Waals surface area contributed by atoms with Gasteiger partial charge in [0.1, 0.15) is 6.10 Å². The topological polar surface area (TPSA) is 107 Å². The lowest BCUT2D eigenvalue weighted by Gasteiger charge is -2.33. The lowest BCUT2D eigenvalue weighted by atomic mass is 9.74. The number of amides is 1. The van der Waals surface area contributed by atoms with Crippen LogP contribution in [-0.4, -0.2) is 39.8 Å². The van der Waals surface area contributed by atoms with Gasteiger partial charge >= 0.3 is 5.97 Å². The quantitative estimate of drug-likeness (QED) is 0.627. The van der Waals surface area contributed by atoms with Crippen molar-refractivity contribution in [3.8, 4) is 0 Å². The number of nitrogens with one attached hydrogen (secondary N) is 1. The summed E-state index contributed by atoms with van der Waals surface area (Å²) >= 11 is 0. The van der Waals surface area contributed by atoms with Gasteiger partial charge in [0.15, 0.2) is 0 Å². The molecule has 5 atom stereocenters. The Labute approximate surface area is 141 Å². The molecular formula is C18H25NO5. The van der Waals surface area contributed by atoms with E-state index in [-0.39, 0.29) is 5.92 Å².